The van der Waals surface area contributed by atoms with Gasteiger partial charge in [-0.05, 0) is 24.8 Å². The molecule has 4 rings (SSSR count). The SMILES string of the molecule is C=CCn1c(=O)c2cnc(SC)nc2n1-c1cccc(N2CCCC2=O)n1. The van der Waals surface area contributed by atoms with Crippen LogP contribution in [0.4, 0.5) is 5.82 Å². The van der Waals surface area contributed by atoms with Crippen LogP contribution in [0.3, 0.4) is 0 Å². The summed E-state index contributed by atoms with van der Waals surface area (Å²) in [5, 5.41) is 0.983. The molecule has 0 aromatic carbocycles. The van der Waals surface area contributed by atoms with Gasteiger partial charge in [-0.25, -0.2) is 24.3 Å². The zero-order valence-electron chi connectivity index (χ0n) is 14.8. The van der Waals surface area contributed by atoms with Gasteiger partial charge in [0.25, 0.3) is 5.56 Å². The van der Waals surface area contributed by atoms with Crippen molar-refractivity contribution in [3.05, 3.63) is 47.4 Å². The van der Waals surface area contributed by atoms with E-state index in [1.807, 2.05) is 12.3 Å². The second kappa shape index (κ2) is 6.99. The van der Waals surface area contributed by atoms with Crippen LogP contribution in [0.1, 0.15) is 12.8 Å². The predicted molar refractivity (Wildman–Crippen MR) is 104 cm³/mol. The van der Waals surface area contributed by atoms with Gasteiger partial charge in [-0.2, -0.15) is 0 Å². The summed E-state index contributed by atoms with van der Waals surface area (Å²) in [6, 6.07) is 5.43. The normalized spacial score (nSPS) is 14.3. The van der Waals surface area contributed by atoms with E-state index >= 15 is 0 Å². The van der Waals surface area contributed by atoms with Crippen molar-refractivity contribution in [2.75, 3.05) is 17.7 Å². The van der Waals surface area contributed by atoms with E-state index in [1.54, 1.807) is 34.0 Å². The Morgan fingerprint density at radius 3 is 2.78 bits per heavy atom. The number of amides is 1. The van der Waals surface area contributed by atoms with Crippen LogP contribution in [0.2, 0.25) is 0 Å². The Labute approximate surface area is 159 Å². The number of allylic oxidation sites excluding steroid dienone is 1. The summed E-state index contributed by atoms with van der Waals surface area (Å²) in [5.74, 6) is 1.16. The zero-order valence-corrected chi connectivity index (χ0v) is 15.6. The van der Waals surface area contributed by atoms with Crippen LogP contribution in [0.25, 0.3) is 16.9 Å². The van der Waals surface area contributed by atoms with Crippen molar-refractivity contribution in [1.82, 2.24) is 24.3 Å². The van der Waals surface area contributed by atoms with E-state index in [0.29, 0.717) is 47.3 Å². The van der Waals surface area contributed by atoms with E-state index in [-0.39, 0.29) is 11.5 Å². The Morgan fingerprint density at radius 2 is 2.07 bits per heavy atom. The summed E-state index contributed by atoms with van der Waals surface area (Å²) in [4.78, 5) is 39.9. The lowest BCUT2D eigenvalue weighted by Crippen LogP contribution is -2.26. The van der Waals surface area contributed by atoms with Gasteiger partial charge in [-0.15, -0.1) is 6.58 Å². The van der Waals surface area contributed by atoms with E-state index in [0.717, 1.165) is 6.42 Å². The van der Waals surface area contributed by atoms with Crippen LogP contribution in [0.15, 0.2) is 47.0 Å². The minimum Gasteiger partial charge on any atom is -0.297 e. The summed E-state index contributed by atoms with van der Waals surface area (Å²) in [6.07, 6.45) is 6.42. The first-order valence-electron chi connectivity index (χ1n) is 8.55. The molecule has 0 saturated carbocycles. The van der Waals surface area contributed by atoms with Gasteiger partial charge in [0.15, 0.2) is 16.6 Å². The van der Waals surface area contributed by atoms with E-state index < -0.39 is 0 Å². The van der Waals surface area contributed by atoms with Gasteiger partial charge in [-0.1, -0.05) is 23.9 Å². The Bertz CT molecular complexity index is 1100. The smallest absolute Gasteiger partial charge is 0.278 e. The number of fused-ring (bicyclic) bond motifs is 1. The first kappa shape index (κ1) is 17.5. The number of pyridine rings is 1. The highest BCUT2D eigenvalue weighted by Crippen LogP contribution is 2.22. The molecule has 0 unspecified atom stereocenters. The van der Waals surface area contributed by atoms with E-state index in [9.17, 15) is 9.59 Å². The average Bonchev–Trinajstić information content (AvgIpc) is 3.23. The lowest BCUT2D eigenvalue weighted by atomic mass is 10.4. The molecule has 138 valence electrons. The maximum atomic E-state index is 12.8. The molecule has 9 heteroatoms. The fraction of sp³-hybridized carbons (Fsp3) is 0.278. The number of rotatable bonds is 5. The number of anilines is 1. The molecule has 0 bridgehead atoms. The van der Waals surface area contributed by atoms with Crippen molar-refractivity contribution in [2.24, 2.45) is 0 Å². The molecule has 4 heterocycles. The standard InChI is InChI=1S/C18H18N6O2S/c1-3-9-23-17(26)12-11-19-18(27-2)21-16(12)24(23)14-7-4-6-13(20-14)22-10-5-8-15(22)25/h3-4,6-7,11H,1,5,8-10H2,2H3. The van der Waals surface area contributed by atoms with Gasteiger partial charge in [-0.3, -0.25) is 14.5 Å². The second-order valence-corrected chi connectivity index (χ2v) is 6.86. The second-order valence-electron chi connectivity index (χ2n) is 6.08. The highest BCUT2D eigenvalue weighted by atomic mass is 32.2. The molecule has 1 aliphatic heterocycles. The van der Waals surface area contributed by atoms with Gasteiger partial charge >= 0.3 is 0 Å². The molecule has 0 atom stereocenters. The molecule has 1 aliphatic rings. The van der Waals surface area contributed by atoms with Crippen LogP contribution < -0.4 is 10.5 Å². The molecular formula is C18H18N6O2S. The maximum Gasteiger partial charge on any atom is 0.278 e. The molecule has 1 amide bonds. The van der Waals surface area contributed by atoms with E-state index in [4.69, 9.17) is 0 Å². The minimum atomic E-state index is -0.206. The highest BCUT2D eigenvalue weighted by Gasteiger charge is 2.24. The first-order chi connectivity index (χ1) is 13.1. The van der Waals surface area contributed by atoms with Crippen LogP contribution in [0.5, 0.6) is 0 Å². The molecule has 1 saturated heterocycles. The molecule has 3 aromatic rings. The summed E-state index contributed by atoms with van der Waals surface area (Å²) in [5.41, 5.74) is 0.278. The molecule has 3 aromatic heterocycles. The van der Waals surface area contributed by atoms with E-state index in [2.05, 4.69) is 21.5 Å². The third kappa shape index (κ3) is 2.93. The third-order valence-electron chi connectivity index (χ3n) is 4.42. The number of thioether (sulfide) groups is 1. The zero-order chi connectivity index (χ0) is 19.0. The van der Waals surface area contributed by atoms with Crippen molar-refractivity contribution in [1.29, 1.82) is 0 Å². The van der Waals surface area contributed by atoms with Crippen molar-refractivity contribution in [2.45, 2.75) is 24.5 Å². The highest BCUT2D eigenvalue weighted by molar-refractivity contribution is 7.98. The quantitative estimate of drug-likeness (QED) is 0.381. The Balaban J connectivity index is 1.95. The molecular weight excluding hydrogens is 364 g/mol. The summed E-state index contributed by atoms with van der Waals surface area (Å²) < 4.78 is 3.19. The lowest BCUT2D eigenvalue weighted by molar-refractivity contribution is -0.117. The average molecular weight is 382 g/mol. The summed E-state index contributed by atoms with van der Waals surface area (Å²) >= 11 is 1.40. The van der Waals surface area contributed by atoms with Crippen LogP contribution in [0, 0.1) is 0 Å². The third-order valence-corrected chi connectivity index (χ3v) is 4.99. The largest absolute Gasteiger partial charge is 0.297 e. The van der Waals surface area contributed by atoms with Gasteiger partial charge in [0.05, 0.1) is 6.54 Å². The number of carbonyl (C=O) groups is 1. The van der Waals surface area contributed by atoms with Crippen LogP contribution in [-0.4, -0.2) is 43.0 Å². The van der Waals surface area contributed by atoms with Crippen LogP contribution >= 0.6 is 11.8 Å². The van der Waals surface area contributed by atoms with Gasteiger partial charge < -0.3 is 0 Å². The Hall–Kier alpha value is -2.94. The number of carbonyl (C=O) groups excluding carboxylic acids is 1. The lowest BCUT2D eigenvalue weighted by Gasteiger charge is -2.16. The minimum absolute atomic E-state index is 0.0625. The molecule has 27 heavy (non-hydrogen) atoms. The fourth-order valence-electron chi connectivity index (χ4n) is 3.20. The number of hydrogen-bond donors (Lipinski definition) is 0. The van der Waals surface area contributed by atoms with Crippen LogP contribution in [-0.2, 0) is 11.3 Å². The molecule has 1 fully saturated rings. The topological polar surface area (TPSA) is 85.9 Å². The van der Waals surface area contributed by atoms with Crippen molar-refractivity contribution in [3.63, 3.8) is 0 Å². The fourth-order valence-corrected chi connectivity index (χ4v) is 3.54. The Kier molecular flexibility index (Phi) is 4.53. The molecule has 8 nitrogen and oxygen atoms in total. The van der Waals surface area contributed by atoms with Crippen molar-refractivity contribution in [3.8, 4) is 5.82 Å². The van der Waals surface area contributed by atoms with Gasteiger partial charge in [0.1, 0.15) is 11.2 Å². The monoisotopic (exact) mass is 382 g/mol. The number of nitrogens with zero attached hydrogens (tertiary/aromatic N) is 6. The summed E-state index contributed by atoms with van der Waals surface area (Å²) in [6.45, 7) is 4.70. The molecule has 0 radical (unpaired) electrons. The van der Waals surface area contributed by atoms with Gasteiger partial charge in [0, 0.05) is 19.2 Å². The van der Waals surface area contributed by atoms with Crippen molar-refractivity contribution >= 4 is 34.5 Å². The summed E-state index contributed by atoms with van der Waals surface area (Å²) in [7, 11) is 0. The van der Waals surface area contributed by atoms with E-state index in [1.165, 1.54) is 16.4 Å². The van der Waals surface area contributed by atoms with Gasteiger partial charge in [0.2, 0.25) is 5.91 Å². The molecule has 0 spiro atoms. The molecule has 0 aliphatic carbocycles. The Morgan fingerprint density at radius 1 is 1.26 bits per heavy atom. The number of hydrogen-bond acceptors (Lipinski definition) is 6. The first-order valence-corrected chi connectivity index (χ1v) is 9.77. The number of aromatic nitrogens is 5. The van der Waals surface area contributed by atoms with Crippen molar-refractivity contribution < 1.29 is 4.79 Å². The predicted octanol–water partition coefficient (Wildman–Crippen LogP) is 2.01. The molecule has 0 N–H and O–H groups in total. The maximum absolute atomic E-state index is 12.8.